The number of unbranched alkanes of at least 4 members (excludes halogenated alkanes) is 4. The molecule has 0 bridgehead atoms. The lowest BCUT2D eigenvalue weighted by atomic mass is 10.2. The molecule has 7 nitrogen and oxygen atoms in total. The molecule has 0 aromatic heterocycles. The van der Waals surface area contributed by atoms with E-state index in [0.717, 1.165) is 19.3 Å². The second kappa shape index (κ2) is 16.0. The van der Waals surface area contributed by atoms with Gasteiger partial charge < -0.3 is 19.1 Å². The van der Waals surface area contributed by atoms with Crippen LogP contribution < -0.4 is 0 Å². The molecule has 0 aliphatic rings. The van der Waals surface area contributed by atoms with E-state index in [1.807, 2.05) is 0 Å². The van der Waals surface area contributed by atoms with Gasteiger partial charge in [-0.05, 0) is 25.7 Å². The summed E-state index contributed by atoms with van der Waals surface area (Å²) in [7, 11) is -1.86. The Morgan fingerprint density at radius 3 is 1.83 bits per heavy atom. The fourth-order valence-corrected chi connectivity index (χ4v) is 2.21. The van der Waals surface area contributed by atoms with Crippen molar-refractivity contribution in [3.63, 3.8) is 0 Å². The van der Waals surface area contributed by atoms with Crippen LogP contribution in [0.1, 0.15) is 51.4 Å². The van der Waals surface area contributed by atoms with Crippen LogP contribution in [0.3, 0.4) is 0 Å². The maximum Gasteiger partial charge on any atom is 0.305 e. The van der Waals surface area contributed by atoms with Gasteiger partial charge in [0.15, 0.2) is 8.03 Å². The first-order valence-electron chi connectivity index (χ1n) is 8.11. The van der Waals surface area contributed by atoms with Crippen molar-refractivity contribution in [2.75, 3.05) is 33.1 Å². The summed E-state index contributed by atoms with van der Waals surface area (Å²) in [6.07, 6.45) is 5.08. The van der Waals surface area contributed by atoms with Crippen molar-refractivity contribution in [2.24, 2.45) is 0 Å². The zero-order valence-electron chi connectivity index (χ0n) is 13.9. The van der Waals surface area contributed by atoms with E-state index in [-0.39, 0.29) is 31.8 Å². The Labute approximate surface area is 138 Å². The van der Waals surface area contributed by atoms with Gasteiger partial charge in [-0.2, -0.15) is 0 Å². The molecule has 0 heterocycles. The molecule has 8 heteroatoms. The van der Waals surface area contributed by atoms with E-state index < -0.39 is 8.03 Å². The van der Waals surface area contributed by atoms with Crippen molar-refractivity contribution >= 4 is 20.0 Å². The average molecular weight is 352 g/mol. The van der Waals surface area contributed by atoms with E-state index in [2.05, 4.69) is 0 Å². The summed E-state index contributed by atoms with van der Waals surface area (Å²) in [5.74, 6) is -0.622. The highest BCUT2D eigenvalue weighted by Crippen LogP contribution is 2.15. The van der Waals surface area contributed by atoms with Gasteiger partial charge in [0.05, 0.1) is 6.61 Å². The molecule has 0 fully saturated rings. The zero-order chi connectivity index (χ0) is 17.3. The molecule has 1 atom stereocenters. The summed E-state index contributed by atoms with van der Waals surface area (Å²) >= 11 is 0. The fourth-order valence-electron chi connectivity index (χ4n) is 1.78. The smallest absolute Gasteiger partial charge is 0.305 e. The highest BCUT2D eigenvalue weighted by Gasteiger charge is 2.05. The maximum absolute atomic E-state index is 11.4. The van der Waals surface area contributed by atoms with E-state index >= 15 is 0 Å². The van der Waals surface area contributed by atoms with Gasteiger partial charge in [0.1, 0.15) is 13.2 Å². The van der Waals surface area contributed by atoms with Gasteiger partial charge in [-0.15, -0.1) is 0 Å². The first kappa shape index (κ1) is 22.1. The van der Waals surface area contributed by atoms with Crippen molar-refractivity contribution in [3.05, 3.63) is 0 Å². The Kier molecular flexibility index (Phi) is 15.3. The second-order valence-electron chi connectivity index (χ2n) is 5.13. The quantitative estimate of drug-likeness (QED) is 0.274. The van der Waals surface area contributed by atoms with Gasteiger partial charge in [-0.25, -0.2) is 0 Å². The van der Waals surface area contributed by atoms with Crippen LogP contribution in [0.4, 0.5) is 0 Å². The van der Waals surface area contributed by atoms with E-state index in [1.165, 1.54) is 0 Å². The summed E-state index contributed by atoms with van der Waals surface area (Å²) in [4.78, 5) is 22.7. The SMILES string of the molecule is C[PH](=O)OCCCCCC(=O)OCCOC(=O)CCCCCO. The fraction of sp³-hybridized carbons (Fsp3) is 0.867. The topological polar surface area (TPSA) is 99.1 Å². The Morgan fingerprint density at radius 1 is 0.826 bits per heavy atom. The minimum Gasteiger partial charge on any atom is -0.462 e. The molecule has 0 aromatic rings. The monoisotopic (exact) mass is 352 g/mol. The van der Waals surface area contributed by atoms with Gasteiger partial charge in [-0.1, -0.05) is 12.8 Å². The number of ether oxygens (including phenoxy) is 2. The Bertz CT molecular complexity index is 347. The lowest BCUT2D eigenvalue weighted by Crippen LogP contribution is -2.13. The molecule has 136 valence electrons. The molecule has 0 aromatic carbocycles. The molecule has 0 spiro atoms. The molecule has 0 radical (unpaired) electrons. The van der Waals surface area contributed by atoms with Gasteiger partial charge >= 0.3 is 11.9 Å². The van der Waals surface area contributed by atoms with E-state index in [4.69, 9.17) is 19.1 Å². The molecule has 0 saturated carbocycles. The molecule has 0 rings (SSSR count). The van der Waals surface area contributed by atoms with Crippen molar-refractivity contribution < 1.29 is 33.3 Å². The van der Waals surface area contributed by atoms with Crippen molar-refractivity contribution in [1.82, 2.24) is 0 Å². The van der Waals surface area contributed by atoms with Crippen LogP contribution in [0.2, 0.25) is 0 Å². The molecule has 0 aliphatic heterocycles. The number of esters is 2. The number of hydrogen-bond acceptors (Lipinski definition) is 7. The maximum atomic E-state index is 11.4. The summed E-state index contributed by atoms with van der Waals surface area (Å²) in [5, 5.41) is 8.60. The predicted octanol–water partition coefficient (Wildman–Crippen LogP) is 2.31. The van der Waals surface area contributed by atoms with Gasteiger partial charge in [-0.3, -0.25) is 14.2 Å². The summed E-state index contributed by atoms with van der Waals surface area (Å²) in [6.45, 7) is 2.28. The summed E-state index contributed by atoms with van der Waals surface area (Å²) < 4.78 is 25.6. The average Bonchev–Trinajstić information content (AvgIpc) is 2.51. The number of carbonyl (C=O) groups excluding carboxylic acids is 2. The Balaban J connectivity index is 3.35. The lowest BCUT2D eigenvalue weighted by molar-refractivity contribution is -0.152. The Hall–Kier alpha value is -0.910. The van der Waals surface area contributed by atoms with Crippen LogP contribution in [-0.4, -0.2) is 50.1 Å². The highest BCUT2D eigenvalue weighted by molar-refractivity contribution is 7.38. The third-order valence-electron chi connectivity index (χ3n) is 2.98. The van der Waals surface area contributed by atoms with Crippen LogP contribution in [0.5, 0.6) is 0 Å². The van der Waals surface area contributed by atoms with E-state index in [0.29, 0.717) is 38.7 Å². The molecule has 0 aliphatic carbocycles. The first-order chi connectivity index (χ1) is 11.1. The van der Waals surface area contributed by atoms with Crippen LogP contribution in [0.25, 0.3) is 0 Å². The largest absolute Gasteiger partial charge is 0.462 e. The molecule has 23 heavy (non-hydrogen) atoms. The minimum absolute atomic E-state index is 0.0716. The summed E-state index contributed by atoms with van der Waals surface area (Å²) in [6, 6.07) is 0. The number of aliphatic hydroxyl groups is 1. The number of rotatable bonds is 15. The minimum atomic E-state index is -1.86. The van der Waals surface area contributed by atoms with Crippen LogP contribution in [-0.2, 0) is 28.2 Å². The molecule has 0 saturated heterocycles. The van der Waals surface area contributed by atoms with Crippen LogP contribution in [0.15, 0.2) is 0 Å². The van der Waals surface area contributed by atoms with Crippen LogP contribution >= 0.6 is 8.03 Å². The number of carbonyl (C=O) groups is 2. The van der Waals surface area contributed by atoms with Crippen molar-refractivity contribution in [2.45, 2.75) is 51.4 Å². The van der Waals surface area contributed by atoms with Gasteiger partial charge in [0, 0.05) is 26.1 Å². The third kappa shape index (κ3) is 17.3. The van der Waals surface area contributed by atoms with Crippen molar-refractivity contribution in [3.8, 4) is 0 Å². The van der Waals surface area contributed by atoms with E-state index in [9.17, 15) is 14.2 Å². The standard InChI is InChI=1S/C15H29O7P/c1-23(19)22-11-7-3-5-9-15(18)21-13-12-20-14(17)8-4-2-6-10-16/h16,23H,2-13H2,1H3. The zero-order valence-corrected chi connectivity index (χ0v) is 14.9. The lowest BCUT2D eigenvalue weighted by Gasteiger charge is -2.06. The molecular formula is C15H29O7P. The second-order valence-corrected chi connectivity index (χ2v) is 6.40. The van der Waals surface area contributed by atoms with Gasteiger partial charge in [0.2, 0.25) is 0 Å². The van der Waals surface area contributed by atoms with Crippen LogP contribution in [0, 0.1) is 0 Å². The molecule has 1 unspecified atom stereocenters. The summed E-state index contributed by atoms with van der Waals surface area (Å²) in [5.41, 5.74) is 0. The van der Waals surface area contributed by atoms with Crippen molar-refractivity contribution in [1.29, 1.82) is 0 Å². The van der Waals surface area contributed by atoms with E-state index in [1.54, 1.807) is 6.66 Å². The predicted molar refractivity (Wildman–Crippen MR) is 86.8 cm³/mol. The molecule has 0 amide bonds. The molecule has 1 N–H and O–H groups in total. The highest BCUT2D eigenvalue weighted by atomic mass is 31.1. The number of hydrogen-bond donors (Lipinski definition) is 1. The first-order valence-corrected chi connectivity index (χ1v) is 9.93. The van der Waals surface area contributed by atoms with Gasteiger partial charge in [0.25, 0.3) is 0 Å². The normalized spacial score (nSPS) is 11.9. The number of aliphatic hydroxyl groups excluding tert-OH is 1. The molecular weight excluding hydrogens is 323 g/mol. The Morgan fingerprint density at radius 2 is 1.35 bits per heavy atom. The third-order valence-corrected chi connectivity index (χ3v) is 3.59.